The quantitative estimate of drug-likeness (QED) is 0.155. The van der Waals surface area contributed by atoms with Gasteiger partial charge < -0.3 is 0 Å². The molecule has 29 aromatic rings. The van der Waals surface area contributed by atoms with E-state index in [2.05, 4.69) is 60.7 Å². The summed E-state index contributed by atoms with van der Waals surface area (Å²) in [5.74, 6) is 0. The van der Waals surface area contributed by atoms with E-state index in [4.69, 9.17) is 0 Å². The van der Waals surface area contributed by atoms with Crippen LogP contribution in [0.4, 0.5) is 0 Å². The fourth-order valence-electron chi connectivity index (χ4n) is 25.7. The lowest BCUT2D eigenvalue weighted by Gasteiger charge is -2.49. The maximum Gasteiger partial charge on any atom is 0.0733 e. The van der Waals surface area contributed by atoms with E-state index in [0.29, 0.717) is 0 Å². The largest absolute Gasteiger partial charge is 0.0733 e. The molecule has 0 spiro atoms. The first-order chi connectivity index (χ1) is 36.4. The van der Waals surface area contributed by atoms with Gasteiger partial charge in [0.15, 0.2) is 0 Å². The van der Waals surface area contributed by atoms with E-state index in [-0.39, 0.29) is 5.41 Å². The number of benzene rings is 19. The Morgan fingerprint density at radius 3 is 0.726 bits per heavy atom. The van der Waals surface area contributed by atoms with Crippen LogP contribution in [0.1, 0.15) is 44.5 Å². The average Bonchev–Trinajstić information content (AvgIpc) is 4.39. The van der Waals surface area contributed by atoms with Crippen LogP contribution in [-0.2, 0) is 17.3 Å². The molecule has 2 atom stereocenters. The van der Waals surface area contributed by atoms with Crippen molar-refractivity contribution in [2.24, 2.45) is 0 Å². The minimum Gasteiger partial charge on any atom is -0.0622 e. The maximum atomic E-state index is 2.61. The molecule has 0 nitrogen and oxygen atoms in total. The molecule has 0 aliphatic heterocycles. The molecular formula is C73H12. The Morgan fingerprint density at radius 2 is 0.384 bits per heavy atom. The monoisotopic (exact) mass is 888 g/mol. The molecule has 0 fully saturated rings. The molecule has 0 bridgehead atoms. The van der Waals surface area contributed by atoms with E-state index in [1.54, 1.807) is 313 Å². The Morgan fingerprint density at radius 1 is 0.178 bits per heavy atom. The Labute approximate surface area is 400 Å². The van der Waals surface area contributed by atoms with Crippen molar-refractivity contribution >= 4 is 280 Å². The molecule has 29 aromatic carbocycles. The minimum atomic E-state index is -0.441. The van der Waals surface area contributed by atoms with Crippen molar-refractivity contribution in [3.05, 3.63) is 105 Å². The summed E-state index contributed by atoms with van der Waals surface area (Å²) in [6, 6.07) is 24.3. The first-order valence-electron chi connectivity index (χ1n) is 27.3. The summed E-state index contributed by atoms with van der Waals surface area (Å²) in [6.07, 6.45) is 0.996. The topological polar surface area (TPSA) is 0 Å². The highest BCUT2D eigenvalue weighted by Gasteiger charge is 2.67. The van der Waals surface area contributed by atoms with Gasteiger partial charge in [0.1, 0.15) is 0 Å². The SMILES string of the molecule is c1ccc(C[C@]23c4c5c6c7c8c9c%10c%11c(c2c2c%12c3c3c%13c4c6c4c6c%13c%13c3c3c%12c%12c%14c2c%11c2c%11c%10c%10c8c8c7c4c4c6c6c%13c7c3c%12c3c(c%142)c2c%11c%10c%10c8c4c4c%10c2c3c7c64)[C@@]59c2ccccc2)cc1. The molecule has 304 valence electrons. The zero-order chi connectivity index (χ0) is 43.4. The summed E-state index contributed by atoms with van der Waals surface area (Å²) >= 11 is 0. The van der Waals surface area contributed by atoms with Crippen molar-refractivity contribution in [1.29, 1.82) is 0 Å². The van der Waals surface area contributed by atoms with E-state index in [9.17, 15) is 0 Å². The fraction of sp³-hybridized carbons (Fsp3) is 0.0411. The lowest BCUT2D eigenvalue weighted by molar-refractivity contribution is 0.580. The van der Waals surface area contributed by atoms with Gasteiger partial charge in [0, 0.05) is 0 Å². The van der Waals surface area contributed by atoms with Crippen LogP contribution in [0.25, 0.3) is 280 Å². The van der Waals surface area contributed by atoms with Crippen LogP contribution < -0.4 is 0 Å². The van der Waals surface area contributed by atoms with Crippen LogP contribution in [0, 0.1) is 0 Å². The van der Waals surface area contributed by atoms with Gasteiger partial charge in [-0.1, -0.05) is 60.7 Å². The molecule has 34 rings (SSSR count). The van der Waals surface area contributed by atoms with Crippen LogP contribution in [0.5, 0.6) is 0 Å². The van der Waals surface area contributed by atoms with Crippen molar-refractivity contribution in [1.82, 2.24) is 0 Å². The van der Waals surface area contributed by atoms with Crippen LogP contribution in [0.15, 0.2) is 60.7 Å². The van der Waals surface area contributed by atoms with Crippen molar-refractivity contribution in [3.63, 3.8) is 0 Å². The van der Waals surface area contributed by atoms with E-state index < -0.39 is 5.41 Å². The predicted molar refractivity (Wildman–Crippen MR) is 308 cm³/mol. The molecular weight excluding hydrogens is 877 g/mol. The molecule has 0 radical (unpaired) electrons. The Bertz CT molecular complexity index is 7680. The molecule has 5 aliphatic carbocycles. The number of hydrogen-bond donors (Lipinski definition) is 0. The molecule has 0 aromatic heterocycles. The van der Waals surface area contributed by atoms with Gasteiger partial charge >= 0.3 is 0 Å². The Hall–Kier alpha value is -9.10. The molecule has 0 amide bonds. The van der Waals surface area contributed by atoms with Gasteiger partial charge in [-0.15, -0.1) is 0 Å². The van der Waals surface area contributed by atoms with Crippen LogP contribution in [-0.4, -0.2) is 0 Å². The van der Waals surface area contributed by atoms with Crippen molar-refractivity contribution in [2.75, 3.05) is 0 Å². The standard InChI is InChI=1S/C73H12/c1-3-7-12(8-4-1)11-72-66-58-49-42-29-22-16-17-19-15-14-18(16)27(29)33-31-20(14)24-21(15)32-34-28(19)30-23(17)26-25(22)36-44-37(26)46-43(30)50-48(34)52-39(32)41-35(24)40-38(31)51(47(33)49)62(66)64-53(40)54(41)65-63(52)67-59(50)56(46)61-57(44)60(55(58)45(36)42)68(72)70(61)73(67,71(65)69(64)72)13-9-5-2-6-10-13/h1-10H,11H2/t72-,73+/m0/s1. The first kappa shape index (κ1) is 27.5. The maximum absolute atomic E-state index is 2.61. The second-order valence-electron chi connectivity index (χ2n) is 26.4. The minimum absolute atomic E-state index is 0.346. The summed E-state index contributed by atoms with van der Waals surface area (Å²) in [5, 5.41) is 86.2. The number of rotatable bonds is 3. The van der Waals surface area contributed by atoms with E-state index >= 15 is 0 Å². The lowest BCUT2D eigenvalue weighted by atomic mass is 9.51. The van der Waals surface area contributed by atoms with Crippen molar-refractivity contribution in [2.45, 2.75) is 17.3 Å². The van der Waals surface area contributed by atoms with Gasteiger partial charge in [0.25, 0.3) is 0 Å². The van der Waals surface area contributed by atoms with Crippen molar-refractivity contribution in [3.8, 4) is 0 Å². The van der Waals surface area contributed by atoms with E-state index in [0.717, 1.165) is 6.42 Å². The normalized spacial score (nSPS) is 21.3. The summed E-state index contributed by atoms with van der Waals surface area (Å²) in [7, 11) is 0. The molecule has 0 saturated heterocycles. The van der Waals surface area contributed by atoms with E-state index in [1.807, 2.05) is 0 Å². The van der Waals surface area contributed by atoms with Gasteiger partial charge in [-0.05, 0) is 331 Å². The lowest BCUT2D eigenvalue weighted by Crippen LogP contribution is -2.44. The Balaban J connectivity index is 1.17. The Kier molecular flexibility index (Phi) is 2.41. The zero-order valence-electron chi connectivity index (χ0n) is 37.5. The summed E-state index contributed by atoms with van der Waals surface area (Å²) in [4.78, 5) is 0. The second kappa shape index (κ2) is 6.41. The van der Waals surface area contributed by atoms with Gasteiger partial charge in [-0.2, -0.15) is 0 Å². The van der Waals surface area contributed by atoms with Gasteiger partial charge in [-0.3, -0.25) is 0 Å². The second-order valence-corrected chi connectivity index (χ2v) is 26.4. The summed E-state index contributed by atoms with van der Waals surface area (Å²) in [5.41, 5.74) is 12.5. The molecule has 0 N–H and O–H groups in total. The predicted octanol–water partition coefficient (Wildman–Crippen LogP) is 19.3. The molecule has 5 aliphatic rings. The molecule has 0 unspecified atom stereocenters. The van der Waals surface area contributed by atoms with Crippen LogP contribution in [0.2, 0.25) is 0 Å². The van der Waals surface area contributed by atoms with Gasteiger partial charge in [-0.25, -0.2) is 0 Å². The molecule has 0 heteroatoms. The first-order valence-corrected chi connectivity index (χ1v) is 27.3. The summed E-state index contributed by atoms with van der Waals surface area (Å²) < 4.78 is 0. The smallest absolute Gasteiger partial charge is 0.0622 e. The average molecular weight is 889 g/mol. The number of hydrogen-bond acceptors (Lipinski definition) is 0. The third-order valence-corrected chi connectivity index (χ3v) is 25.9. The zero-order valence-corrected chi connectivity index (χ0v) is 37.5. The summed E-state index contributed by atoms with van der Waals surface area (Å²) in [6.45, 7) is 0. The fourth-order valence-corrected chi connectivity index (χ4v) is 25.7. The molecule has 0 heterocycles. The van der Waals surface area contributed by atoms with Crippen LogP contribution in [0.3, 0.4) is 0 Å². The van der Waals surface area contributed by atoms with Gasteiger partial charge in [0.2, 0.25) is 0 Å². The molecule has 73 heavy (non-hydrogen) atoms. The third-order valence-electron chi connectivity index (χ3n) is 25.9. The van der Waals surface area contributed by atoms with Gasteiger partial charge in [0.05, 0.1) is 10.8 Å². The highest BCUT2D eigenvalue weighted by atomic mass is 14.7. The van der Waals surface area contributed by atoms with Crippen LogP contribution >= 0.6 is 0 Å². The highest BCUT2D eigenvalue weighted by molar-refractivity contribution is 6.81. The highest BCUT2D eigenvalue weighted by Crippen LogP contribution is 2.84. The van der Waals surface area contributed by atoms with E-state index in [1.165, 1.54) is 11.1 Å². The van der Waals surface area contributed by atoms with Crippen molar-refractivity contribution < 1.29 is 0 Å². The third kappa shape index (κ3) is 1.53. The molecule has 0 saturated carbocycles.